The first-order chi connectivity index (χ1) is 11.1. The number of hydrogen-bond donors (Lipinski definition) is 1. The average Bonchev–Trinajstić information content (AvgIpc) is 3.06. The van der Waals surface area contributed by atoms with Gasteiger partial charge in [0, 0.05) is 30.8 Å². The molecule has 5 heteroatoms. The maximum absolute atomic E-state index is 5.81. The van der Waals surface area contributed by atoms with Crippen molar-refractivity contribution in [3.05, 3.63) is 47.8 Å². The number of nitrogens with zero attached hydrogens (tertiary/aromatic N) is 2. The Labute approximate surface area is 135 Å². The van der Waals surface area contributed by atoms with Gasteiger partial charge in [0.15, 0.2) is 0 Å². The van der Waals surface area contributed by atoms with Crippen molar-refractivity contribution in [2.75, 3.05) is 7.11 Å². The lowest BCUT2D eigenvalue weighted by Gasteiger charge is -2.23. The number of methoxy groups -OCH3 is 1. The van der Waals surface area contributed by atoms with Crippen LogP contribution in [0.3, 0.4) is 0 Å². The highest BCUT2D eigenvalue weighted by molar-refractivity contribution is 5.77. The molecule has 0 unspecified atom stereocenters. The first-order valence-corrected chi connectivity index (χ1v) is 7.74. The van der Waals surface area contributed by atoms with E-state index in [-0.39, 0.29) is 11.6 Å². The summed E-state index contributed by atoms with van der Waals surface area (Å²) < 4.78 is 11.1. The molecule has 1 spiro atoms. The molecule has 0 bridgehead atoms. The van der Waals surface area contributed by atoms with Crippen molar-refractivity contribution in [2.45, 2.75) is 31.4 Å². The number of aromatic nitrogens is 1. The Kier molecular flexibility index (Phi) is 3.04. The molecule has 1 aliphatic heterocycles. The zero-order chi connectivity index (χ0) is 16.0. The van der Waals surface area contributed by atoms with Crippen LogP contribution in [0.1, 0.15) is 18.1 Å². The second-order valence-corrected chi connectivity index (χ2v) is 6.19. The minimum atomic E-state index is -0.280. The number of nitrogens with two attached hydrogens (primary N) is 1. The topological polar surface area (TPSA) is 69.7 Å². The van der Waals surface area contributed by atoms with Gasteiger partial charge in [-0.25, -0.2) is 4.99 Å². The molecular formula is C18H19N3O2. The third-order valence-corrected chi connectivity index (χ3v) is 4.93. The van der Waals surface area contributed by atoms with Gasteiger partial charge in [-0.2, -0.15) is 0 Å². The highest BCUT2D eigenvalue weighted by Crippen LogP contribution is 2.44. The minimum absolute atomic E-state index is 0.0152. The first-order valence-electron chi connectivity index (χ1n) is 7.74. The van der Waals surface area contributed by atoms with Crippen LogP contribution in [0.4, 0.5) is 0 Å². The van der Waals surface area contributed by atoms with Crippen LogP contribution in [-0.4, -0.2) is 29.8 Å². The summed E-state index contributed by atoms with van der Waals surface area (Å²) in [5.41, 5.74) is 10.3. The van der Waals surface area contributed by atoms with E-state index in [1.807, 2.05) is 19.2 Å². The smallest absolute Gasteiger partial charge is 0.282 e. The Morgan fingerprint density at radius 3 is 2.87 bits per heavy atom. The summed E-state index contributed by atoms with van der Waals surface area (Å²) in [4.78, 5) is 8.88. The largest absolute Gasteiger partial charge is 0.496 e. The van der Waals surface area contributed by atoms with E-state index >= 15 is 0 Å². The molecule has 2 N–H and O–H groups in total. The van der Waals surface area contributed by atoms with Crippen LogP contribution >= 0.6 is 0 Å². The number of ether oxygens (including phenoxy) is 2. The van der Waals surface area contributed by atoms with Crippen molar-refractivity contribution < 1.29 is 9.47 Å². The average molecular weight is 309 g/mol. The van der Waals surface area contributed by atoms with Crippen molar-refractivity contribution in [1.82, 2.24) is 4.98 Å². The first kappa shape index (κ1) is 14.1. The van der Waals surface area contributed by atoms with Crippen LogP contribution in [0.25, 0.3) is 11.1 Å². The minimum Gasteiger partial charge on any atom is -0.496 e. The predicted octanol–water partition coefficient (Wildman–Crippen LogP) is 2.33. The molecule has 0 saturated heterocycles. The fraction of sp³-hybridized carbons (Fsp3) is 0.333. The van der Waals surface area contributed by atoms with E-state index in [4.69, 9.17) is 15.2 Å². The second-order valence-electron chi connectivity index (χ2n) is 6.19. The maximum Gasteiger partial charge on any atom is 0.282 e. The normalized spacial score (nSPS) is 25.1. The molecule has 0 amide bonds. The van der Waals surface area contributed by atoms with Crippen molar-refractivity contribution in [1.29, 1.82) is 0 Å². The zero-order valence-corrected chi connectivity index (χ0v) is 13.2. The number of aliphatic imine (C=N–C) groups is 1. The quantitative estimate of drug-likeness (QED) is 0.924. The SMILES string of the molecule is COc1ccncc1-c1cccc2c1C[C@@]1(C2)N=C(N)O[C@@H]1C. The summed E-state index contributed by atoms with van der Waals surface area (Å²) in [5, 5.41) is 0. The van der Waals surface area contributed by atoms with Crippen molar-refractivity contribution in [3.63, 3.8) is 0 Å². The standard InChI is InChI=1S/C18H19N3O2/c1-11-18(21-17(19)23-11)8-12-4-3-5-13(14(12)9-18)15-10-20-7-6-16(15)22-2/h3-7,10-11H,8-9H2,1-2H3,(H2,19,21)/t11-,18-/m1/s1. The molecule has 0 saturated carbocycles. The summed E-state index contributed by atoms with van der Waals surface area (Å²) >= 11 is 0. The summed E-state index contributed by atoms with van der Waals surface area (Å²) in [6.07, 6.45) is 5.24. The molecule has 1 aliphatic carbocycles. The monoisotopic (exact) mass is 309 g/mol. The zero-order valence-electron chi connectivity index (χ0n) is 13.2. The van der Waals surface area contributed by atoms with E-state index in [0.717, 1.165) is 29.7 Å². The molecule has 2 heterocycles. The molecule has 4 rings (SSSR count). The molecule has 2 atom stereocenters. The van der Waals surface area contributed by atoms with Crippen LogP contribution in [-0.2, 0) is 17.6 Å². The number of amidine groups is 1. The highest BCUT2D eigenvalue weighted by Gasteiger charge is 2.48. The molecule has 0 radical (unpaired) electrons. The molecule has 2 aromatic rings. The predicted molar refractivity (Wildman–Crippen MR) is 88.5 cm³/mol. The Hall–Kier alpha value is -2.56. The van der Waals surface area contributed by atoms with Crippen LogP contribution < -0.4 is 10.5 Å². The molecular weight excluding hydrogens is 290 g/mol. The van der Waals surface area contributed by atoms with Gasteiger partial charge in [-0.05, 0) is 29.7 Å². The molecule has 23 heavy (non-hydrogen) atoms. The van der Waals surface area contributed by atoms with Gasteiger partial charge in [0.2, 0.25) is 0 Å². The number of fused-ring (bicyclic) bond motifs is 1. The second kappa shape index (κ2) is 4.98. The summed E-state index contributed by atoms with van der Waals surface area (Å²) in [6.45, 7) is 2.04. The van der Waals surface area contributed by atoms with Gasteiger partial charge in [0.1, 0.15) is 17.4 Å². The Balaban J connectivity index is 1.83. The van der Waals surface area contributed by atoms with E-state index in [9.17, 15) is 0 Å². The van der Waals surface area contributed by atoms with E-state index in [0.29, 0.717) is 6.02 Å². The lowest BCUT2D eigenvalue weighted by Crippen LogP contribution is -2.36. The van der Waals surface area contributed by atoms with Crippen LogP contribution in [0, 0.1) is 0 Å². The lowest BCUT2D eigenvalue weighted by atomic mass is 9.90. The van der Waals surface area contributed by atoms with Gasteiger partial charge < -0.3 is 15.2 Å². The van der Waals surface area contributed by atoms with Gasteiger partial charge in [0.05, 0.1) is 7.11 Å². The third-order valence-electron chi connectivity index (χ3n) is 4.93. The molecule has 1 aromatic heterocycles. The Morgan fingerprint density at radius 2 is 2.13 bits per heavy atom. The fourth-order valence-corrected chi connectivity index (χ4v) is 3.72. The Morgan fingerprint density at radius 1 is 1.26 bits per heavy atom. The molecule has 1 aromatic carbocycles. The lowest BCUT2D eigenvalue weighted by molar-refractivity contribution is 0.157. The maximum atomic E-state index is 5.81. The van der Waals surface area contributed by atoms with Gasteiger partial charge in [-0.15, -0.1) is 0 Å². The van der Waals surface area contributed by atoms with Gasteiger partial charge >= 0.3 is 0 Å². The number of benzene rings is 1. The number of pyridine rings is 1. The van der Waals surface area contributed by atoms with Gasteiger partial charge in [-0.3, -0.25) is 4.98 Å². The van der Waals surface area contributed by atoms with Crippen LogP contribution in [0.15, 0.2) is 41.7 Å². The van der Waals surface area contributed by atoms with E-state index < -0.39 is 0 Å². The van der Waals surface area contributed by atoms with Gasteiger partial charge in [0.25, 0.3) is 6.02 Å². The highest BCUT2D eigenvalue weighted by atomic mass is 16.5. The van der Waals surface area contributed by atoms with Crippen molar-refractivity contribution in [2.24, 2.45) is 10.7 Å². The van der Waals surface area contributed by atoms with Crippen LogP contribution in [0.5, 0.6) is 5.75 Å². The number of hydrogen-bond acceptors (Lipinski definition) is 5. The van der Waals surface area contributed by atoms with Crippen molar-refractivity contribution in [3.8, 4) is 16.9 Å². The third kappa shape index (κ3) is 2.07. The van der Waals surface area contributed by atoms with E-state index in [1.54, 1.807) is 13.3 Å². The Bertz CT molecular complexity index is 803. The number of rotatable bonds is 2. The van der Waals surface area contributed by atoms with Gasteiger partial charge in [-0.1, -0.05) is 18.2 Å². The van der Waals surface area contributed by atoms with E-state index in [1.165, 1.54) is 11.1 Å². The fourth-order valence-electron chi connectivity index (χ4n) is 3.72. The molecule has 2 aliphatic rings. The summed E-state index contributed by atoms with van der Waals surface area (Å²) in [7, 11) is 1.68. The molecule has 0 fully saturated rings. The van der Waals surface area contributed by atoms with Crippen molar-refractivity contribution >= 4 is 6.02 Å². The molecule has 118 valence electrons. The van der Waals surface area contributed by atoms with E-state index in [2.05, 4.69) is 28.2 Å². The molecule has 5 nitrogen and oxygen atoms in total. The van der Waals surface area contributed by atoms with Crippen LogP contribution in [0.2, 0.25) is 0 Å². The summed E-state index contributed by atoms with van der Waals surface area (Å²) in [5.74, 6) is 0.827. The summed E-state index contributed by atoms with van der Waals surface area (Å²) in [6, 6.07) is 8.54.